The minimum Gasteiger partial charge on any atom is -0.459 e. The van der Waals surface area contributed by atoms with Crippen LogP contribution in [0, 0.1) is 10.1 Å². The summed E-state index contributed by atoms with van der Waals surface area (Å²) in [6, 6.07) is 20.6. The Bertz CT molecular complexity index is 1510. The number of fused-ring (bicyclic) bond motifs is 1. The summed E-state index contributed by atoms with van der Waals surface area (Å²) in [6.07, 6.45) is 0. The van der Waals surface area contributed by atoms with Crippen LogP contribution in [0.5, 0.6) is 5.75 Å². The largest absolute Gasteiger partial charge is 0.459 e. The second kappa shape index (κ2) is 11.6. The number of rotatable bonds is 9. The molecule has 2 heterocycles. The highest BCUT2D eigenvalue weighted by atomic mass is 32.2. The van der Waals surface area contributed by atoms with Gasteiger partial charge in [-0.25, -0.2) is 4.79 Å². The maximum Gasteiger partial charge on any atom is 0.330 e. The zero-order chi connectivity index (χ0) is 30.0. The predicted molar refractivity (Wildman–Crippen MR) is 152 cm³/mol. The highest BCUT2D eigenvalue weighted by molar-refractivity contribution is 8.01. The molecule has 5 rings (SSSR count). The van der Waals surface area contributed by atoms with Gasteiger partial charge in [0, 0.05) is 16.9 Å². The number of hydrogen-bond acceptors (Lipinski definition) is 9. The summed E-state index contributed by atoms with van der Waals surface area (Å²) in [5, 5.41) is 13.0. The Kier molecular flexibility index (Phi) is 7.99. The molecule has 11 nitrogen and oxygen atoms in total. The lowest BCUT2D eigenvalue weighted by Crippen LogP contribution is -2.71. The molecule has 0 aromatic heterocycles. The Labute approximate surface area is 245 Å². The Balaban J connectivity index is 1.27. The van der Waals surface area contributed by atoms with Crippen LogP contribution in [0.2, 0.25) is 0 Å². The number of β-lactam (4-membered cyclic amide) rings is 1. The van der Waals surface area contributed by atoms with Gasteiger partial charge in [-0.15, -0.1) is 11.8 Å². The van der Waals surface area contributed by atoms with E-state index in [2.05, 4.69) is 5.32 Å². The number of para-hydroxylation sites is 1. The minimum absolute atomic E-state index is 0.0802. The fourth-order valence-corrected chi connectivity index (χ4v) is 6.63. The van der Waals surface area contributed by atoms with Gasteiger partial charge >= 0.3 is 11.9 Å². The van der Waals surface area contributed by atoms with Gasteiger partial charge in [-0.1, -0.05) is 48.5 Å². The molecule has 2 amide bonds. The predicted octanol–water partition coefficient (Wildman–Crippen LogP) is 3.57. The normalized spacial score (nSPS) is 21.0. The van der Waals surface area contributed by atoms with Crippen molar-refractivity contribution in [2.24, 2.45) is 0 Å². The molecule has 2 aliphatic rings. The lowest BCUT2D eigenvalue weighted by molar-refractivity contribution is -0.384. The van der Waals surface area contributed by atoms with Crippen molar-refractivity contribution in [1.82, 2.24) is 10.2 Å². The number of hydrogen-bond donors (Lipinski definition) is 1. The molecule has 42 heavy (non-hydrogen) atoms. The molecule has 3 aromatic rings. The summed E-state index contributed by atoms with van der Waals surface area (Å²) >= 11 is 1.35. The number of ether oxygens (including phenoxy) is 2. The van der Waals surface area contributed by atoms with Crippen molar-refractivity contribution in [1.29, 1.82) is 0 Å². The molecule has 0 saturated carbocycles. The maximum absolute atomic E-state index is 13.5. The first-order chi connectivity index (χ1) is 20.1. The summed E-state index contributed by atoms with van der Waals surface area (Å²) in [5.74, 6) is -3.61. The van der Waals surface area contributed by atoms with Crippen LogP contribution in [0.25, 0.3) is 0 Å². The van der Waals surface area contributed by atoms with E-state index < -0.39 is 56.8 Å². The van der Waals surface area contributed by atoms with Gasteiger partial charge in [0.25, 0.3) is 5.69 Å². The van der Waals surface area contributed by atoms with Crippen molar-refractivity contribution < 1.29 is 33.6 Å². The number of carbonyl (C=O) groups excluding carboxylic acids is 4. The van der Waals surface area contributed by atoms with Crippen molar-refractivity contribution in [3.05, 3.63) is 106 Å². The standard InChI is InChI=1S/C30H27N3O8S/c1-30(2)24(29(37)40-17-18-13-15-20(16-14-18)33(38)39)32-26(35)23(27(32)42-30)31-25(34)22(19-9-5-3-6-10-19)28(36)41-21-11-7-4-8-12-21/h3-16,22-24,27H,17H2,1-2H3,(H,31,34)/t22?,23-,24-,27+/m0/s1. The molecule has 3 aromatic carbocycles. The van der Waals surface area contributed by atoms with Gasteiger partial charge < -0.3 is 19.7 Å². The molecule has 12 heteroatoms. The van der Waals surface area contributed by atoms with E-state index in [1.54, 1.807) is 60.7 Å². The van der Waals surface area contributed by atoms with Crippen molar-refractivity contribution >= 4 is 41.2 Å². The zero-order valence-corrected chi connectivity index (χ0v) is 23.5. The third-order valence-corrected chi connectivity index (χ3v) is 8.65. The van der Waals surface area contributed by atoms with Gasteiger partial charge in [0.1, 0.15) is 29.8 Å². The monoisotopic (exact) mass is 589 g/mol. The number of amides is 2. The van der Waals surface area contributed by atoms with E-state index in [1.165, 1.54) is 40.9 Å². The van der Waals surface area contributed by atoms with Crippen LogP contribution in [0.3, 0.4) is 0 Å². The first-order valence-electron chi connectivity index (χ1n) is 13.1. The van der Waals surface area contributed by atoms with E-state index in [1.807, 2.05) is 13.8 Å². The number of nitrogens with zero attached hydrogens (tertiary/aromatic N) is 2. The molecular weight excluding hydrogens is 562 g/mol. The van der Waals surface area contributed by atoms with Crippen LogP contribution < -0.4 is 10.1 Å². The molecule has 1 unspecified atom stereocenters. The van der Waals surface area contributed by atoms with Crippen LogP contribution in [-0.4, -0.2) is 55.8 Å². The van der Waals surface area contributed by atoms with Gasteiger partial charge in [-0.05, 0) is 49.2 Å². The average molecular weight is 590 g/mol. The van der Waals surface area contributed by atoms with Gasteiger partial charge in [0.15, 0.2) is 5.92 Å². The Hall–Kier alpha value is -4.71. The van der Waals surface area contributed by atoms with Gasteiger partial charge in [-0.2, -0.15) is 0 Å². The van der Waals surface area contributed by atoms with Crippen LogP contribution >= 0.6 is 11.8 Å². The van der Waals surface area contributed by atoms with Crippen molar-refractivity contribution in [3.63, 3.8) is 0 Å². The van der Waals surface area contributed by atoms with Crippen LogP contribution in [0.15, 0.2) is 84.9 Å². The first kappa shape index (κ1) is 28.8. The number of carbonyl (C=O) groups is 4. The van der Waals surface area contributed by atoms with Gasteiger partial charge in [0.2, 0.25) is 11.8 Å². The van der Waals surface area contributed by atoms with E-state index in [4.69, 9.17) is 9.47 Å². The van der Waals surface area contributed by atoms with Gasteiger partial charge in [-0.3, -0.25) is 24.5 Å². The van der Waals surface area contributed by atoms with E-state index in [0.29, 0.717) is 11.1 Å². The molecule has 216 valence electrons. The number of thioether (sulfide) groups is 1. The van der Waals surface area contributed by atoms with E-state index in [9.17, 15) is 29.3 Å². The van der Waals surface area contributed by atoms with Crippen molar-refractivity contribution in [2.45, 2.75) is 48.6 Å². The summed E-state index contributed by atoms with van der Waals surface area (Å²) in [6.45, 7) is 3.50. The number of non-ortho nitro benzene ring substituents is 1. The van der Waals surface area contributed by atoms with Crippen molar-refractivity contribution in [3.8, 4) is 5.75 Å². The summed E-state index contributed by atoms with van der Waals surface area (Å²) in [5.41, 5.74) is 0.887. The van der Waals surface area contributed by atoms with Crippen LogP contribution in [0.4, 0.5) is 5.69 Å². The molecule has 0 bridgehead atoms. The number of nitrogens with one attached hydrogen (secondary N) is 1. The lowest BCUT2D eigenvalue weighted by Gasteiger charge is -2.44. The third kappa shape index (κ3) is 5.70. The molecule has 2 saturated heterocycles. The molecular formula is C30H27N3O8S. The van der Waals surface area contributed by atoms with Gasteiger partial charge in [0.05, 0.1) is 4.92 Å². The zero-order valence-electron chi connectivity index (χ0n) is 22.7. The lowest BCUT2D eigenvalue weighted by atomic mass is 9.94. The molecule has 1 N–H and O–H groups in total. The Morgan fingerprint density at radius 3 is 2.24 bits per heavy atom. The second-order valence-electron chi connectivity index (χ2n) is 10.4. The quantitative estimate of drug-likeness (QED) is 0.0989. The maximum atomic E-state index is 13.5. The molecule has 2 aliphatic heterocycles. The number of nitro benzene ring substituents is 1. The van der Waals surface area contributed by atoms with Crippen LogP contribution in [0.1, 0.15) is 30.9 Å². The third-order valence-electron chi connectivity index (χ3n) is 7.08. The number of nitro groups is 1. The first-order valence-corrected chi connectivity index (χ1v) is 14.0. The smallest absolute Gasteiger partial charge is 0.330 e. The van der Waals surface area contributed by atoms with E-state index in [-0.39, 0.29) is 18.0 Å². The fourth-order valence-electron chi connectivity index (χ4n) is 5.01. The van der Waals surface area contributed by atoms with E-state index in [0.717, 1.165) is 0 Å². The molecule has 0 radical (unpaired) electrons. The number of benzene rings is 3. The average Bonchev–Trinajstić information content (AvgIpc) is 3.23. The molecule has 4 atom stereocenters. The highest BCUT2D eigenvalue weighted by Crippen LogP contribution is 2.51. The fraction of sp³-hybridized carbons (Fsp3) is 0.267. The number of esters is 2. The summed E-state index contributed by atoms with van der Waals surface area (Å²) < 4.78 is 10.2. The minimum atomic E-state index is -1.32. The second-order valence-corrected chi connectivity index (χ2v) is 12.1. The van der Waals surface area contributed by atoms with Crippen molar-refractivity contribution in [2.75, 3.05) is 0 Å². The SMILES string of the molecule is CC1(C)S[C@@H]2[C@@H](NC(=O)C(C(=O)Oc3ccccc3)c3ccccc3)C(=O)N2[C@H]1C(=O)OCc1ccc([N+](=O)[O-])cc1. The Morgan fingerprint density at radius 2 is 1.62 bits per heavy atom. The Morgan fingerprint density at radius 1 is 1.00 bits per heavy atom. The summed E-state index contributed by atoms with van der Waals surface area (Å²) in [4.78, 5) is 64.8. The topological polar surface area (TPSA) is 145 Å². The summed E-state index contributed by atoms with van der Waals surface area (Å²) in [7, 11) is 0. The molecule has 0 aliphatic carbocycles. The molecule has 0 spiro atoms. The highest BCUT2D eigenvalue weighted by Gasteiger charge is 2.64. The van der Waals surface area contributed by atoms with Crippen LogP contribution in [-0.2, 0) is 30.5 Å². The van der Waals surface area contributed by atoms with E-state index >= 15 is 0 Å². The molecule has 2 fully saturated rings.